The standard InChI is InChI=1S/2C9H22O2Si2/c2*1-12-10-8-6-4-5-7-9-13(2,3)11-12/h2*12H,4-9H2,1-3H3. The highest BCUT2D eigenvalue weighted by atomic mass is 28.4. The fourth-order valence-corrected chi connectivity index (χ4v) is 15.5. The monoisotopic (exact) mass is 436 g/mol. The summed E-state index contributed by atoms with van der Waals surface area (Å²) in [4.78, 5) is 0. The highest BCUT2D eigenvalue weighted by Crippen LogP contribution is 2.20. The molecule has 0 amide bonds. The van der Waals surface area contributed by atoms with Gasteiger partial charge in [-0.1, -0.05) is 38.5 Å². The lowest BCUT2D eigenvalue weighted by molar-refractivity contribution is 0.255. The third kappa shape index (κ3) is 13.0. The van der Waals surface area contributed by atoms with Crippen molar-refractivity contribution in [2.45, 2.75) is 103 Å². The molecule has 2 saturated heterocycles. The fraction of sp³-hybridized carbons (Fsp3) is 1.00. The van der Waals surface area contributed by atoms with Gasteiger partial charge in [-0.05, 0) is 64.2 Å². The molecule has 26 heavy (non-hydrogen) atoms. The molecule has 0 aromatic carbocycles. The van der Waals surface area contributed by atoms with E-state index < -0.39 is 35.2 Å². The summed E-state index contributed by atoms with van der Waals surface area (Å²) >= 11 is 0. The molecular formula is C18H44O4Si4. The third-order valence-corrected chi connectivity index (χ3v) is 17.3. The molecule has 0 aliphatic carbocycles. The molecule has 0 aromatic rings. The van der Waals surface area contributed by atoms with Gasteiger partial charge in [-0.25, -0.2) is 0 Å². The van der Waals surface area contributed by atoms with E-state index in [1.807, 2.05) is 0 Å². The number of rotatable bonds is 0. The van der Waals surface area contributed by atoms with Crippen LogP contribution in [-0.2, 0) is 17.1 Å². The molecule has 0 bridgehead atoms. The molecule has 8 heteroatoms. The van der Waals surface area contributed by atoms with E-state index in [0.29, 0.717) is 0 Å². The summed E-state index contributed by atoms with van der Waals surface area (Å²) in [6, 6.07) is 2.63. The van der Waals surface area contributed by atoms with Crippen molar-refractivity contribution in [2.24, 2.45) is 0 Å². The van der Waals surface area contributed by atoms with E-state index in [0.717, 1.165) is 13.2 Å². The highest BCUT2D eigenvalue weighted by Gasteiger charge is 2.26. The Bertz CT molecular complexity index is 335. The van der Waals surface area contributed by atoms with E-state index in [4.69, 9.17) is 17.1 Å². The molecule has 0 spiro atoms. The molecular weight excluding hydrogens is 393 g/mol. The van der Waals surface area contributed by atoms with Gasteiger partial charge in [0.05, 0.1) is 0 Å². The summed E-state index contributed by atoms with van der Waals surface area (Å²) in [7, 11) is -5.27. The smallest absolute Gasteiger partial charge is 0.307 e. The van der Waals surface area contributed by atoms with Gasteiger partial charge < -0.3 is 17.1 Å². The van der Waals surface area contributed by atoms with Crippen molar-refractivity contribution in [2.75, 3.05) is 13.2 Å². The van der Waals surface area contributed by atoms with Gasteiger partial charge in [-0.15, -0.1) is 0 Å². The first-order valence-corrected chi connectivity index (χ1v) is 21.2. The zero-order valence-electron chi connectivity index (χ0n) is 18.3. The van der Waals surface area contributed by atoms with Crippen molar-refractivity contribution in [1.29, 1.82) is 0 Å². The van der Waals surface area contributed by atoms with E-state index in [1.54, 1.807) is 0 Å². The molecule has 4 nitrogen and oxygen atoms in total. The van der Waals surface area contributed by atoms with Gasteiger partial charge in [-0.3, -0.25) is 0 Å². The summed E-state index contributed by atoms with van der Waals surface area (Å²) in [6.07, 6.45) is 10.6. The molecule has 0 N–H and O–H groups in total. The second-order valence-corrected chi connectivity index (χ2v) is 21.8. The molecule has 2 fully saturated rings. The average Bonchev–Trinajstić information content (AvgIpc) is 2.52. The van der Waals surface area contributed by atoms with Crippen LogP contribution in [0.5, 0.6) is 0 Å². The Balaban J connectivity index is 0.000000260. The third-order valence-electron chi connectivity index (χ3n) is 5.02. The molecule has 0 radical (unpaired) electrons. The van der Waals surface area contributed by atoms with Gasteiger partial charge in [0.15, 0.2) is 16.6 Å². The molecule has 0 saturated carbocycles. The highest BCUT2D eigenvalue weighted by molar-refractivity contribution is 6.77. The zero-order valence-corrected chi connectivity index (χ0v) is 22.6. The van der Waals surface area contributed by atoms with Crippen molar-refractivity contribution in [3.63, 3.8) is 0 Å². The van der Waals surface area contributed by atoms with Gasteiger partial charge in [0, 0.05) is 13.2 Å². The molecule has 2 aliphatic rings. The predicted molar refractivity (Wildman–Crippen MR) is 122 cm³/mol. The molecule has 0 aromatic heterocycles. The van der Waals surface area contributed by atoms with Crippen molar-refractivity contribution < 1.29 is 17.1 Å². The Morgan fingerprint density at radius 1 is 0.538 bits per heavy atom. The summed E-state index contributed by atoms with van der Waals surface area (Å²) in [5, 5.41) is 0. The van der Waals surface area contributed by atoms with Gasteiger partial charge >= 0.3 is 18.6 Å². The first-order chi connectivity index (χ1) is 12.2. The van der Waals surface area contributed by atoms with Gasteiger partial charge in [0.1, 0.15) is 0 Å². The quantitative estimate of drug-likeness (QED) is 0.483. The van der Waals surface area contributed by atoms with Gasteiger partial charge in [0.2, 0.25) is 0 Å². The number of hydrogen-bond donors (Lipinski definition) is 0. The van der Waals surface area contributed by atoms with E-state index in [1.165, 1.54) is 63.5 Å². The maximum absolute atomic E-state index is 6.07. The SMILES string of the molecule is C[SiH]1OCCCCCC[Si](C)(C)O1.C[SiH]1OCCCCCC[Si](C)(C)O1. The second kappa shape index (κ2) is 13.0. The first kappa shape index (κ1) is 24.7. The molecule has 2 heterocycles. The molecule has 156 valence electrons. The summed E-state index contributed by atoms with van der Waals surface area (Å²) in [6.45, 7) is 15.5. The lowest BCUT2D eigenvalue weighted by Gasteiger charge is -2.28. The van der Waals surface area contributed by atoms with Crippen molar-refractivity contribution in [1.82, 2.24) is 0 Å². The van der Waals surface area contributed by atoms with E-state index in [9.17, 15) is 0 Å². The van der Waals surface area contributed by atoms with Gasteiger partial charge in [0.25, 0.3) is 0 Å². The first-order valence-electron chi connectivity index (χ1n) is 10.8. The zero-order chi connectivity index (χ0) is 19.5. The molecule has 2 aliphatic heterocycles. The molecule has 2 atom stereocenters. The Labute approximate surface area is 168 Å². The minimum Gasteiger partial charge on any atom is -0.438 e. The Kier molecular flexibility index (Phi) is 12.4. The van der Waals surface area contributed by atoms with Crippen LogP contribution < -0.4 is 0 Å². The van der Waals surface area contributed by atoms with Crippen LogP contribution in [0.1, 0.15) is 51.4 Å². The van der Waals surface area contributed by atoms with Crippen molar-refractivity contribution in [3.05, 3.63) is 0 Å². The van der Waals surface area contributed by atoms with E-state index in [-0.39, 0.29) is 0 Å². The topological polar surface area (TPSA) is 36.9 Å². The lowest BCUT2D eigenvalue weighted by Crippen LogP contribution is -2.38. The van der Waals surface area contributed by atoms with Crippen LogP contribution >= 0.6 is 0 Å². The minimum atomic E-state index is -1.35. The summed E-state index contributed by atoms with van der Waals surface area (Å²) < 4.78 is 23.6. The van der Waals surface area contributed by atoms with E-state index in [2.05, 4.69) is 39.3 Å². The van der Waals surface area contributed by atoms with Crippen LogP contribution in [0.2, 0.25) is 51.4 Å². The maximum atomic E-state index is 6.07. The summed E-state index contributed by atoms with van der Waals surface area (Å²) in [5.41, 5.74) is 0. The van der Waals surface area contributed by atoms with Crippen LogP contribution in [0.3, 0.4) is 0 Å². The predicted octanol–water partition coefficient (Wildman–Crippen LogP) is 5.30. The Morgan fingerprint density at radius 2 is 0.885 bits per heavy atom. The van der Waals surface area contributed by atoms with E-state index >= 15 is 0 Å². The Hall–Kier alpha value is 0.708. The van der Waals surface area contributed by atoms with Crippen molar-refractivity contribution in [3.8, 4) is 0 Å². The molecule has 2 unspecified atom stereocenters. The van der Waals surface area contributed by atoms with Crippen molar-refractivity contribution >= 4 is 35.2 Å². The summed E-state index contributed by atoms with van der Waals surface area (Å²) in [5.74, 6) is 0. The molecule has 2 rings (SSSR count). The maximum Gasteiger partial charge on any atom is 0.307 e. The Morgan fingerprint density at radius 3 is 1.27 bits per heavy atom. The minimum absolute atomic E-state index is 0.928. The normalized spacial score (nSPS) is 31.2. The van der Waals surface area contributed by atoms with Crippen LogP contribution in [0.4, 0.5) is 0 Å². The van der Waals surface area contributed by atoms with Crippen LogP contribution in [0.25, 0.3) is 0 Å². The average molecular weight is 437 g/mol. The van der Waals surface area contributed by atoms with Crippen LogP contribution in [0.15, 0.2) is 0 Å². The fourth-order valence-electron chi connectivity index (χ4n) is 3.60. The largest absolute Gasteiger partial charge is 0.438 e. The lowest BCUT2D eigenvalue weighted by atomic mass is 10.2. The second-order valence-electron chi connectivity index (χ2n) is 8.96. The van der Waals surface area contributed by atoms with Crippen LogP contribution in [0, 0.1) is 0 Å². The van der Waals surface area contributed by atoms with Crippen LogP contribution in [-0.4, -0.2) is 48.4 Å². The van der Waals surface area contributed by atoms with Gasteiger partial charge in [-0.2, -0.15) is 0 Å². The number of hydrogen-bond acceptors (Lipinski definition) is 4.